The van der Waals surface area contributed by atoms with E-state index >= 15 is 0 Å². The number of aliphatic hydroxyl groups excluding tert-OH is 1. The molecule has 1 aromatic heterocycles. The normalized spacial score (nSPS) is 26.9. The second-order valence-electron chi connectivity index (χ2n) is 4.78. The van der Waals surface area contributed by atoms with Gasteiger partial charge in [0.15, 0.2) is 0 Å². The average molecular weight is 207 g/mol. The summed E-state index contributed by atoms with van der Waals surface area (Å²) >= 11 is 0. The molecule has 15 heavy (non-hydrogen) atoms. The van der Waals surface area contributed by atoms with E-state index in [2.05, 4.69) is 30.5 Å². The third kappa shape index (κ3) is 1.96. The van der Waals surface area contributed by atoms with Gasteiger partial charge < -0.3 is 9.67 Å². The van der Waals surface area contributed by atoms with Crippen LogP contribution in [-0.2, 0) is 0 Å². The molecule has 1 fully saturated rings. The molecule has 2 nitrogen and oxygen atoms in total. The molecule has 2 unspecified atom stereocenters. The number of hydrogen-bond acceptors (Lipinski definition) is 1. The van der Waals surface area contributed by atoms with Gasteiger partial charge in [0.05, 0.1) is 0 Å². The van der Waals surface area contributed by atoms with Crippen molar-refractivity contribution in [3.05, 3.63) is 23.5 Å². The Morgan fingerprint density at radius 1 is 1.20 bits per heavy atom. The smallest absolute Gasteiger partial charge is 0.0479 e. The van der Waals surface area contributed by atoms with Crippen LogP contribution in [0, 0.1) is 19.8 Å². The number of aliphatic hydroxyl groups is 1. The Kier molecular flexibility index (Phi) is 3.15. The summed E-state index contributed by atoms with van der Waals surface area (Å²) in [6, 6.07) is 4.88. The first-order valence-corrected chi connectivity index (χ1v) is 5.99. The van der Waals surface area contributed by atoms with Gasteiger partial charge in [-0.05, 0) is 38.8 Å². The topological polar surface area (TPSA) is 25.2 Å². The fourth-order valence-corrected chi connectivity index (χ4v) is 2.94. The lowest BCUT2D eigenvalue weighted by Gasteiger charge is -2.33. The molecule has 1 aliphatic carbocycles. The molecule has 1 N–H and O–H groups in total. The van der Waals surface area contributed by atoms with Crippen molar-refractivity contribution in [1.29, 1.82) is 0 Å². The third-order valence-electron chi connectivity index (χ3n) is 3.76. The molecular weight excluding hydrogens is 186 g/mol. The van der Waals surface area contributed by atoms with Crippen molar-refractivity contribution >= 4 is 0 Å². The van der Waals surface area contributed by atoms with Gasteiger partial charge in [-0.25, -0.2) is 0 Å². The number of hydrogen-bond donors (Lipinski definition) is 1. The average Bonchev–Trinajstić information content (AvgIpc) is 2.59. The van der Waals surface area contributed by atoms with E-state index in [1.165, 1.54) is 37.1 Å². The van der Waals surface area contributed by atoms with Gasteiger partial charge in [0.1, 0.15) is 0 Å². The minimum Gasteiger partial charge on any atom is -0.396 e. The van der Waals surface area contributed by atoms with Crippen LogP contribution in [0.1, 0.15) is 43.1 Å². The molecule has 2 heteroatoms. The second-order valence-corrected chi connectivity index (χ2v) is 4.78. The SMILES string of the molecule is Cc1ccc(C)n1C1CCCCC1CO. The Bertz CT molecular complexity index is 310. The van der Waals surface area contributed by atoms with Crippen molar-refractivity contribution in [3.63, 3.8) is 0 Å². The van der Waals surface area contributed by atoms with Gasteiger partial charge in [-0.3, -0.25) is 0 Å². The van der Waals surface area contributed by atoms with Gasteiger partial charge in [-0.2, -0.15) is 0 Å². The molecule has 1 saturated carbocycles. The van der Waals surface area contributed by atoms with Crippen molar-refractivity contribution in [1.82, 2.24) is 4.57 Å². The first-order valence-electron chi connectivity index (χ1n) is 5.99. The van der Waals surface area contributed by atoms with Crippen LogP contribution in [0.4, 0.5) is 0 Å². The van der Waals surface area contributed by atoms with Gasteiger partial charge >= 0.3 is 0 Å². The monoisotopic (exact) mass is 207 g/mol. The quantitative estimate of drug-likeness (QED) is 0.792. The standard InChI is InChI=1S/C13H21NO/c1-10-7-8-11(2)14(10)13-6-4-3-5-12(13)9-15/h7-8,12-13,15H,3-6,9H2,1-2H3. The lowest BCUT2D eigenvalue weighted by atomic mass is 9.84. The molecule has 84 valence electrons. The minimum absolute atomic E-state index is 0.335. The zero-order valence-electron chi connectivity index (χ0n) is 9.74. The lowest BCUT2D eigenvalue weighted by molar-refractivity contribution is 0.137. The summed E-state index contributed by atoms with van der Waals surface area (Å²) in [6.07, 6.45) is 4.99. The predicted octanol–water partition coefficient (Wildman–Crippen LogP) is 2.83. The van der Waals surface area contributed by atoms with Gasteiger partial charge in [0, 0.05) is 30.0 Å². The maximum atomic E-state index is 9.43. The van der Waals surface area contributed by atoms with Crippen LogP contribution in [0.15, 0.2) is 12.1 Å². The van der Waals surface area contributed by atoms with E-state index in [9.17, 15) is 5.11 Å². The molecule has 1 aromatic rings. The van der Waals surface area contributed by atoms with Gasteiger partial charge in [-0.1, -0.05) is 12.8 Å². The maximum Gasteiger partial charge on any atom is 0.0479 e. The first kappa shape index (κ1) is 10.7. The summed E-state index contributed by atoms with van der Waals surface area (Å²) in [7, 11) is 0. The summed E-state index contributed by atoms with van der Waals surface area (Å²) in [5, 5.41) is 9.43. The van der Waals surface area contributed by atoms with E-state index in [1.807, 2.05) is 0 Å². The molecule has 2 rings (SSSR count). The zero-order valence-corrected chi connectivity index (χ0v) is 9.74. The Morgan fingerprint density at radius 2 is 1.80 bits per heavy atom. The van der Waals surface area contributed by atoms with Crippen LogP contribution in [0.3, 0.4) is 0 Å². The van der Waals surface area contributed by atoms with Crippen LogP contribution in [-0.4, -0.2) is 16.3 Å². The predicted molar refractivity (Wildman–Crippen MR) is 62.0 cm³/mol. The van der Waals surface area contributed by atoms with E-state index in [1.54, 1.807) is 0 Å². The summed E-state index contributed by atoms with van der Waals surface area (Å²) in [4.78, 5) is 0. The molecule has 0 radical (unpaired) electrons. The highest BCUT2D eigenvalue weighted by Gasteiger charge is 2.27. The molecular formula is C13H21NO. The maximum absolute atomic E-state index is 9.43. The Labute approximate surface area is 91.9 Å². The highest BCUT2D eigenvalue weighted by atomic mass is 16.3. The van der Waals surface area contributed by atoms with Crippen molar-refractivity contribution in [3.8, 4) is 0 Å². The van der Waals surface area contributed by atoms with Gasteiger partial charge in [0.25, 0.3) is 0 Å². The fraction of sp³-hybridized carbons (Fsp3) is 0.692. The van der Waals surface area contributed by atoms with E-state index < -0.39 is 0 Å². The fourth-order valence-electron chi connectivity index (χ4n) is 2.94. The number of aryl methyl sites for hydroxylation is 2. The van der Waals surface area contributed by atoms with E-state index in [-0.39, 0.29) is 0 Å². The first-order chi connectivity index (χ1) is 7.24. The molecule has 0 amide bonds. The molecule has 0 saturated heterocycles. The Morgan fingerprint density at radius 3 is 2.40 bits per heavy atom. The van der Waals surface area contributed by atoms with Crippen LogP contribution >= 0.6 is 0 Å². The van der Waals surface area contributed by atoms with Crippen molar-refractivity contribution in [2.75, 3.05) is 6.61 Å². The summed E-state index contributed by atoms with van der Waals surface area (Å²) in [6.45, 7) is 4.66. The second kappa shape index (κ2) is 4.40. The van der Waals surface area contributed by atoms with E-state index in [0.29, 0.717) is 18.6 Å². The third-order valence-corrected chi connectivity index (χ3v) is 3.76. The highest BCUT2D eigenvalue weighted by molar-refractivity contribution is 5.15. The van der Waals surface area contributed by atoms with Crippen molar-refractivity contribution in [2.24, 2.45) is 5.92 Å². The van der Waals surface area contributed by atoms with Crippen LogP contribution in [0.5, 0.6) is 0 Å². The minimum atomic E-state index is 0.335. The molecule has 0 aromatic carbocycles. The summed E-state index contributed by atoms with van der Waals surface area (Å²) < 4.78 is 2.42. The molecule has 2 atom stereocenters. The Balaban J connectivity index is 2.27. The van der Waals surface area contributed by atoms with Gasteiger partial charge in [-0.15, -0.1) is 0 Å². The van der Waals surface area contributed by atoms with Crippen LogP contribution in [0.25, 0.3) is 0 Å². The number of aromatic nitrogens is 1. The number of rotatable bonds is 2. The van der Waals surface area contributed by atoms with Crippen LogP contribution in [0.2, 0.25) is 0 Å². The molecule has 0 aliphatic heterocycles. The number of nitrogens with zero attached hydrogens (tertiary/aromatic N) is 1. The van der Waals surface area contributed by atoms with Gasteiger partial charge in [0.2, 0.25) is 0 Å². The summed E-state index contributed by atoms with van der Waals surface area (Å²) in [5.41, 5.74) is 2.66. The van der Waals surface area contributed by atoms with Crippen molar-refractivity contribution < 1.29 is 5.11 Å². The Hall–Kier alpha value is -0.760. The van der Waals surface area contributed by atoms with Crippen molar-refractivity contribution in [2.45, 2.75) is 45.6 Å². The largest absolute Gasteiger partial charge is 0.396 e. The van der Waals surface area contributed by atoms with E-state index in [0.717, 1.165) is 0 Å². The highest BCUT2D eigenvalue weighted by Crippen LogP contribution is 2.35. The molecule has 1 aliphatic rings. The molecule has 0 bridgehead atoms. The summed E-state index contributed by atoms with van der Waals surface area (Å²) in [5.74, 6) is 0.462. The van der Waals surface area contributed by atoms with Crippen LogP contribution < -0.4 is 0 Å². The lowest BCUT2D eigenvalue weighted by Crippen LogP contribution is -2.27. The van der Waals surface area contributed by atoms with E-state index in [4.69, 9.17) is 0 Å². The molecule has 0 spiro atoms. The molecule has 1 heterocycles. The zero-order chi connectivity index (χ0) is 10.8.